The summed E-state index contributed by atoms with van der Waals surface area (Å²) < 4.78 is 6.38. The van der Waals surface area contributed by atoms with Crippen LogP contribution in [0.15, 0.2) is 23.6 Å². The number of ether oxygens (including phenoxy) is 1. The molecule has 0 N–H and O–H groups in total. The minimum atomic E-state index is 0.418. The van der Waals surface area contributed by atoms with E-state index < -0.39 is 0 Å². The van der Waals surface area contributed by atoms with Crippen LogP contribution in [0.4, 0.5) is 0 Å². The van der Waals surface area contributed by atoms with Gasteiger partial charge in [-0.15, -0.1) is 11.3 Å². The van der Waals surface area contributed by atoms with Crippen LogP contribution in [0.5, 0.6) is 5.75 Å². The Labute approximate surface area is 151 Å². The molecule has 0 aliphatic heterocycles. The standard InChI is InChI=1S/C16H14ClIN2OS/c1-8(2)16-20-12(7-22-16)11-6-10(18)9-4-5-13(21-3)14(17)15(9)19-11/h4-8H,1-3H3. The molecule has 3 nitrogen and oxygen atoms in total. The maximum absolute atomic E-state index is 6.42. The number of benzene rings is 1. The van der Waals surface area contributed by atoms with Crippen molar-refractivity contribution in [3.8, 4) is 17.1 Å². The molecule has 2 aromatic heterocycles. The molecule has 114 valence electrons. The zero-order valence-electron chi connectivity index (χ0n) is 12.4. The molecule has 22 heavy (non-hydrogen) atoms. The Balaban J connectivity index is 2.20. The molecule has 3 rings (SSSR count). The molecule has 0 fully saturated rings. The van der Waals surface area contributed by atoms with Crippen LogP contribution < -0.4 is 4.74 Å². The SMILES string of the molecule is COc1ccc2c(I)cc(-c3csc(C(C)C)n3)nc2c1Cl. The first kappa shape index (κ1) is 16.0. The molecule has 0 atom stereocenters. The van der Waals surface area contributed by atoms with Crippen molar-refractivity contribution in [2.24, 2.45) is 0 Å². The Bertz CT molecular complexity index is 848. The minimum absolute atomic E-state index is 0.418. The molecule has 3 aromatic rings. The highest BCUT2D eigenvalue weighted by Gasteiger charge is 2.14. The summed E-state index contributed by atoms with van der Waals surface area (Å²) in [6.45, 7) is 4.28. The molecule has 0 spiro atoms. The van der Waals surface area contributed by atoms with Crippen LogP contribution >= 0.6 is 45.5 Å². The Morgan fingerprint density at radius 3 is 2.64 bits per heavy atom. The summed E-state index contributed by atoms with van der Waals surface area (Å²) in [5.74, 6) is 1.05. The number of fused-ring (bicyclic) bond motifs is 1. The maximum Gasteiger partial charge on any atom is 0.139 e. The van der Waals surface area contributed by atoms with Gasteiger partial charge in [0.05, 0.1) is 29.0 Å². The van der Waals surface area contributed by atoms with Crippen molar-refractivity contribution in [1.82, 2.24) is 9.97 Å². The van der Waals surface area contributed by atoms with Crippen molar-refractivity contribution in [2.75, 3.05) is 7.11 Å². The number of aromatic nitrogens is 2. The van der Waals surface area contributed by atoms with Crippen LogP contribution in [0.1, 0.15) is 24.8 Å². The number of halogens is 2. The Hall–Kier alpha value is -0.920. The third kappa shape index (κ3) is 2.81. The van der Waals surface area contributed by atoms with E-state index in [2.05, 4.69) is 41.4 Å². The first-order valence-corrected chi connectivity index (χ1v) is 9.13. The van der Waals surface area contributed by atoms with Crippen molar-refractivity contribution < 1.29 is 4.74 Å². The van der Waals surface area contributed by atoms with E-state index in [0.29, 0.717) is 16.7 Å². The van der Waals surface area contributed by atoms with Gasteiger partial charge in [-0.2, -0.15) is 0 Å². The van der Waals surface area contributed by atoms with E-state index in [1.807, 2.05) is 23.6 Å². The van der Waals surface area contributed by atoms with Crippen molar-refractivity contribution in [1.29, 1.82) is 0 Å². The Kier molecular flexibility index (Phi) is 4.56. The summed E-state index contributed by atoms with van der Waals surface area (Å²) in [7, 11) is 1.61. The average Bonchev–Trinajstić information content (AvgIpc) is 2.98. The lowest BCUT2D eigenvalue weighted by molar-refractivity contribution is 0.415. The van der Waals surface area contributed by atoms with E-state index in [0.717, 1.165) is 30.9 Å². The molecular weight excluding hydrogens is 431 g/mol. The summed E-state index contributed by atoms with van der Waals surface area (Å²) in [4.78, 5) is 9.39. The molecule has 0 aliphatic carbocycles. The molecule has 0 amide bonds. The van der Waals surface area contributed by atoms with E-state index in [-0.39, 0.29) is 0 Å². The first-order chi connectivity index (χ1) is 10.5. The zero-order valence-corrected chi connectivity index (χ0v) is 16.1. The van der Waals surface area contributed by atoms with Gasteiger partial charge in [0, 0.05) is 20.3 Å². The van der Waals surface area contributed by atoms with Crippen LogP contribution in [-0.4, -0.2) is 17.1 Å². The van der Waals surface area contributed by atoms with Gasteiger partial charge in [-0.3, -0.25) is 0 Å². The van der Waals surface area contributed by atoms with E-state index >= 15 is 0 Å². The van der Waals surface area contributed by atoms with E-state index in [1.165, 1.54) is 0 Å². The van der Waals surface area contributed by atoms with Gasteiger partial charge >= 0.3 is 0 Å². The van der Waals surface area contributed by atoms with Gasteiger partial charge in [-0.1, -0.05) is 25.4 Å². The van der Waals surface area contributed by atoms with Crippen molar-refractivity contribution in [3.63, 3.8) is 0 Å². The second-order valence-corrected chi connectivity index (χ2v) is 7.62. The number of hydrogen-bond acceptors (Lipinski definition) is 4. The molecule has 0 bridgehead atoms. The van der Waals surface area contributed by atoms with Crippen LogP contribution in [0.25, 0.3) is 22.3 Å². The van der Waals surface area contributed by atoms with Gasteiger partial charge in [-0.05, 0) is 40.8 Å². The van der Waals surface area contributed by atoms with Crippen molar-refractivity contribution >= 4 is 56.4 Å². The van der Waals surface area contributed by atoms with Gasteiger partial charge < -0.3 is 4.74 Å². The molecule has 0 unspecified atom stereocenters. The van der Waals surface area contributed by atoms with E-state index in [1.54, 1.807) is 18.4 Å². The largest absolute Gasteiger partial charge is 0.495 e. The maximum atomic E-state index is 6.42. The molecule has 1 aromatic carbocycles. The van der Waals surface area contributed by atoms with E-state index in [9.17, 15) is 0 Å². The van der Waals surface area contributed by atoms with Crippen LogP contribution in [0, 0.1) is 3.57 Å². The first-order valence-electron chi connectivity index (χ1n) is 6.79. The molecule has 0 radical (unpaired) electrons. The molecule has 0 aliphatic rings. The average molecular weight is 445 g/mol. The zero-order chi connectivity index (χ0) is 15.9. The Morgan fingerprint density at radius 2 is 2.00 bits per heavy atom. The lowest BCUT2D eigenvalue weighted by atomic mass is 10.1. The number of methoxy groups -OCH3 is 1. The molecule has 2 heterocycles. The minimum Gasteiger partial charge on any atom is -0.495 e. The highest BCUT2D eigenvalue weighted by molar-refractivity contribution is 14.1. The quantitative estimate of drug-likeness (QED) is 0.483. The van der Waals surface area contributed by atoms with Gasteiger partial charge in [0.2, 0.25) is 0 Å². The number of rotatable bonds is 3. The lowest BCUT2D eigenvalue weighted by Crippen LogP contribution is -1.93. The van der Waals surface area contributed by atoms with Gasteiger partial charge in [0.15, 0.2) is 0 Å². The summed E-state index contributed by atoms with van der Waals surface area (Å²) in [6, 6.07) is 5.90. The van der Waals surface area contributed by atoms with Crippen molar-refractivity contribution in [3.05, 3.63) is 37.2 Å². The normalized spacial score (nSPS) is 11.4. The second-order valence-electron chi connectivity index (χ2n) is 5.19. The topological polar surface area (TPSA) is 35.0 Å². The fourth-order valence-electron chi connectivity index (χ4n) is 2.16. The third-order valence-electron chi connectivity index (χ3n) is 3.33. The van der Waals surface area contributed by atoms with E-state index in [4.69, 9.17) is 21.3 Å². The van der Waals surface area contributed by atoms with Gasteiger partial charge in [0.25, 0.3) is 0 Å². The number of hydrogen-bond donors (Lipinski definition) is 0. The lowest BCUT2D eigenvalue weighted by Gasteiger charge is -2.09. The second kappa shape index (κ2) is 6.29. The highest BCUT2D eigenvalue weighted by Crippen LogP contribution is 2.36. The smallest absolute Gasteiger partial charge is 0.139 e. The number of thiazole rings is 1. The number of nitrogens with zero attached hydrogens (tertiary/aromatic N) is 2. The molecular formula is C16H14ClIN2OS. The summed E-state index contributed by atoms with van der Waals surface area (Å²) in [5, 5.41) is 4.73. The highest BCUT2D eigenvalue weighted by atomic mass is 127. The summed E-state index contributed by atoms with van der Waals surface area (Å²) in [6.07, 6.45) is 0. The fraction of sp³-hybridized carbons (Fsp3) is 0.250. The molecule has 0 saturated carbocycles. The molecule has 6 heteroatoms. The van der Waals surface area contributed by atoms with Crippen LogP contribution in [0.2, 0.25) is 5.02 Å². The predicted molar refractivity (Wildman–Crippen MR) is 101 cm³/mol. The number of pyridine rings is 1. The van der Waals surface area contributed by atoms with Crippen molar-refractivity contribution in [2.45, 2.75) is 19.8 Å². The summed E-state index contributed by atoms with van der Waals surface area (Å²) >= 11 is 10.4. The van der Waals surface area contributed by atoms with Crippen LogP contribution in [0.3, 0.4) is 0 Å². The summed E-state index contributed by atoms with van der Waals surface area (Å²) in [5.41, 5.74) is 2.49. The third-order valence-corrected chi connectivity index (χ3v) is 5.73. The van der Waals surface area contributed by atoms with Gasteiger partial charge in [-0.25, -0.2) is 9.97 Å². The monoisotopic (exact) mass is 444 g/mol. The van der Waals surface area contributed by atoms with Gasteiger partial charge in [0.1, 0.15) is 10.8 Å². The Morgan fingerprint density at radius 1 is 1.23 bits per heavy atom. The predicted octanol–water partition coefficient (Wildman–Crippen LogP) is 5.75. The molecule has 0 saturated heterocycles. The fourth-order valence-corrected chi connectivity index (χ4v) is 4.00. The van der Waals surface area contributed by atoms with Crippen LogP contribution in [-0.2, 0) is 0 Å².